The summed E-state index contributed by atoms with van der Waals surface area (Å²) in [6.45, 7) is 2.10. The molecule has 1 rings (SSSR count). The van der Waals surface area contributed by atoms with E-state index < -0.39 is 30.6 Å². The fraction of sp³-hybridized carbons (Fsp3) is 0.722. The van der Waals surface area contributed by atoms with Crippen molar-refractivity contribution in [1.82, 2.24) is 0 Å². The van der Waals surface area contributed by atoms with Crippen molar-refractivity contribution < 1.29 is 30.0 Å². The minimum Gasteiger partial charge on any atom is -0.481 e. The van der Waals surface area contributed by atoms with E-state index in [4.69, 9.17) is 9.84 Å². The van der Waals surface area contributed by atoms with Gasteiger partial charge in [-0.3, -0.25) is 4.79 Å². The molecule has 0 saturated carbocycles. The number of hydrogen-bond donors (Lipinski definition) is 4. The SMILES string of the molecule is CCCCC[C@H](O)C=C[C@H]1OC(O)C[C@H](O)[C@@H]1CC=CCC(=O)O. The van der Waals surface area contributed by atoms with Crippen LogP contribution in [0.5, 0.6) is 0 Å². The molecule has 0 amide bonds. The van der Waals surface area contributed by atoms with E-state index in [1.54, 1.807) is 24.3 Å². The Kier molecular flexibility index (Phi) is 9.86. The highest BCUT2D eigenvalue weighted by atomic mass is 16.6. The van der Waals surface area contributed by atoms with Gasteiger partial charge in [0.25, 0.3) is 0 Å². The van der Waals surface area contributed by atoms with E-state index in [1.165, 1.54) is 0 Å². The molecule has 0 aromatic heterocycles. The van der Waals surface area contributed by atoms with Crippen molar-refractivity contribution >= 4 is 5.97 Å². The van der Waals surface area contributed by atoms with Crippen molar-refractivity contribution in [1.29, 1.82) is 0 Å². The monoisotopic (exact) mass is 342 g/mol. The maximum absolute atomic E-state index is 10.5. The van der Waals surface area contributed by atoms with Gasteiger partial charge in [-0.05, 0) is 12.8 Å². The zero-order chi connectivity index (χ0) is 17.9. The molecular weight excluding hydrogens is 312 g/mol. The fourth-order valence-electron chi connectivity index (χ4n) is 2.79. The molecule has 1 saturated heterocycles. The number of carboxylic acid groups (broad SMARTS) is 1. The summed E-state index contributed by atoms with van der Waals surface area (Å²) >= 11 is 0. The van der Waals surface area contributed by atoms with Crippen molar-refractivity contribution in [2.75, 3.05) is 0 Å². The molecule has 0 aromatic carbocycles. The van der Waals surface area contributed by atoms with Crippen LogP contribution >= 0.6 is 0 Å². The maximum Gasteiger partial charge on any atom is 0.307 e. The van der Waals surface area contributed by atoms with Gasteiger partial charge in [0, 0.05) is 12.3 Å². The lowest BCUT2D eigenvalue weighted by atomic mass is 9.87. The molecule has 1 aliphatic rings. The van der Waals surface area contributed by atoms with Gasteiger partial charge in [0.1, 0.15) is 0 Å². The first-order valence-electron chi connectivity index (χ1n) is 8.68. The number of aliphatic carboxylic acids is 1. The first kappa shape index (κ1) is 20.8. The maximum atomic E-state index is 10.5. The van der Waals surface area contributed by atoms with Gasteiger partial charge >= 0.3 is 5.97 Å². The lowest BCUT2D eigenvalue weighted by Crippen LogP contribution is -2.43. The third-order valence-corrected chi connectivity index (χ3v) is 4.17. The molecule has 24 heavy (non-hydrogen) atoms. The Morgan fingerprint density at radius 1 is 1.29 bits per heavy atom. The standard InChI is InChI=1S/C18H30O6/c1-2-3-4-7-13(19)10-11-16-14(8-5-6-9-17(21)22)15(20)12-18(23)24-16/h5-6,10-11,13-16,18-20,23H,2-4,7-9,12H2,1H3,(H,21,22)/t13-,14-,15-,16+,18?/m0/s1. The van der Waals surface area contributed by atoms with Gasteiger partial charge < -0.3 is 25.2 Å². The number of ether oxygens (including phenoxy) is 1. The van der Waals surface area contributed by atoms with Gasteiger partial charge in [-0.25, -0.2) is 0 Å². The fourth-order valence-corrected chi connectivity index (χ4v) is 2.79. The Labute approximate surface area is 143 Å². The van der Waals surface area contributed by atoms with E-state index in [-0.39, 0.29) is 18.8 Å². The molecule has 0 bridgehead atoms. The summed E-state index contributed by atoms with van der Waals surface area (Å²) in [5, 5.41) is 38.4. The van der Waals surface area contributed by atoms with E-state index in [0.29, 0.717) is 12.8 Å². The predicted octanol–water partition coefficient (Wildman–Crippen LogP) is 1.99. The summed E-state index contributed by atoms with van der Waals surface area (Å²) in [6.07, 6.45) is 8.01. The molecule has 1 aliphatic heterocycles. The Balaban J connectivity index is 2.60. The van der Waals surface area contributed by atoms with Crippen LogP contribution < -0.4 is 0 Å². The molecule has 6 nitrogen and oxygen atoms in total. The third kappa shape index (κ3) is 8.06. The van der Waals surface area contributed by atoms with Crippen molar-refractivity contribution in [3.05, 3.63) is 24.3 Å². The van der Waals surface area contributed by atoms with Crippen molar-refractivity contribution in [3.63, 3.8) is 0 Å². The molecule has 6 heteroatoms. The Bertz CT molecular complexity index is 420. The summed E-state index contributed by atoms with van der Waals surface area (Å²) in [7, 11) is 0. The van der Waals surface area contributed by atoms with E-state index in [9.17, 15) is 20.1 Å². The second-order valence-corrected chi connectivity index (χ2v) is 6.28. The van der Waals surface area contributed by atoms with Crippen LogP contribution in [0.2, 0.25) is 0 Å². The molecule has 0 aliphatic carbocycles. The topological polar surface area (TPSA) is 107 Å². The molecule has 0 aromatic rings. The number of carboxylic acids is 1. The number of aliphatic hydroxyl groups is 3. The Morgan fingerprint density at radius 2 is 2.04 bits per heavy atom. The number of allylic oxidation sites excluding steroid dienone is 1. The highest BCUT2D eigenvalue weighted by Crippen LogP contribution is 2.29. The van der Waals surface area contributed by atoms with Crippen LogP contribution in [0.4, 0.5) is 0 Å². The molecule has 0 radical (unpaired) electrons. The smallest absolute Gasteiger partial charge is 0.307 e. The quantitative estimate of drug-likeness (QED) is 0.357. The minimum absolute atomic E-state index is 0.0665. The summed E-state index contributed by atoms with van der Waals surface area (Å²) in [5.74, 6) is -1.19. The number of hydrogen-bond acceptors (Lipinski definition) is 5. The van der Waals surface area contributed by atoms with E-state index >= 15 is 0 Å². The summed E-state index contributed by atoms with van der Waals surface area (Å²) in [5.41, 5.74) is 0. The van der Waals surface area contributed by atoms with E-state index in [2.05, 4.69) is 6.92 Å². The third-order valence-electron chi connectivity index (χ3n) is 4.17. The zero-order valence-electron chi connectivity index (χ0n) is 14.3. The van der Waals surface area contributed by atoms with Crippen LogP contribution in [0, 0.1) is 5.92 Å². The second-order valence-electron chi connectivity index (χ2n) is 6.28. The van der Waals surface area contributed by atoms with Crippen molar-refractivity contribution in [3.8, 4) is 0 Å². The zero-order valence-corrected chi connectivity index (χ0v) is 14.3. The highest BCUT2D eigenvalue weighted by Gasteiger charge is 2.35. The van der Waals surface area contributed by atoms with Gasteiger partial charge in [0.05, 0.1) is 24.7 Å². The predicted molar refractivity (Wildman–Crippen MR) is 90.3 cm³/mol. The van der Waals surface area contributed by atoms with Crippen molar-refractivity contribution in [2.45, 2.75) is 76.5 Å². The minimum atomic E-state index is -1.04. The lowest BCUT2D eigenvalue weighted by molar-refractivity contribution is -0.199. The van der Waals surface area contributed by atoms with Crippen LogP contribution in [0.15, 0.2) is 24.3 Å². The summed E-state index contributed by atoms with van der Waals surface area (Å²) < 4.78 is 5.47. The van der Waals surface area contributed by atoms with Crippen molar-refractivity contribution in [2.24, 2.45) is 5.92 Å². The van der Waals surface area contributed by atoms with E-state index in [0.717, 1.165) is 19.3 Å². The van der Waals surface area contributed by atoms with Gasteiger partial charge in [0.2, 0.25) is 0 Å². The molecule has 5 atom stereocenters. The van der Waals surface area contributed by atoms with Crippen LogP contribution in [-0.4, -0.2) is 51.0 Å². The number of unbranched alkanes of at least 4 members (excludes halogenated alkanes) is 2. The van der Waals surface area contributed by atoms with E-state index in [1.807, 2.05) is 0 Å². The highest BCUT2D eigenvalue weighted by molar-refractivity contribution is 5.68. The van der Waals surface area contributed by atoms with Gasteiger partial charge in [-0.1, -0.05) is 50.5 Å². The van der Waals surface area contributed by atoms with Crippen LogP contribution in [-0.2, 0) is 9.53 Å². The van der Waals surface area contributed by atoms with Gasteiger partial charge in [0.15, 0.2) is 6.29 Å². The number of carbonyl (C=O) groups is 1. The normalized spacial score (nSPS) is 29.3. The average Bonchev–Trinajstić information content (AvgIpc) is 2.51. The summed E-state index contributed by atoms with van der Waals surface area (Å²) in [6, 6.07) is 0. The second kappa shape index (κ2) is 11.4. The molecule has 1 fully saturated rings. The molecule has 1 unspecified atom stereocenters. The lowest BCUT2D eigenvalue weighted by Gasteiger charge is -2.36. The Hall–Kier alpha value is -1.21. The Morgan fingerprint density at radius 3 is 2.71 bits per heavy atom. The average molecular weight is 342 g/mol. The molecule has 0 spiro atoms. The first-order valence-corrected chi connectivity index (χ1v) is 8.68. The molecular formula is C18H30O6. The van der Waals surface area contributed by atoms with Crippen LogP contribution in [0.3, 0.4) is 0 Å². The van der Waals surface area contributed by atoms with Crippen LogP contribution in [0.25, 0.3) is 0 Å². The first-order chi connectivity index (χ1) is 11.4. The van der Waals surface area contributed by atoms with Gasteiger partial charge in [-0.2, -0.15) is 0 Å². The number of rotatable bonds is 10. The summed E-state index contributed by atoms with van der Waals surface area (Å²) in [4.78, 5) is 10.5. The number of aliphatic hydroxyl groups excluding tert-OH is 3. The molecule has 1 heterocycles. The molecule has 4 N–H and O–H groups in total. The molecule has 138 valence electrons. The largest absolute Gasteiger partial charge is 0.481 e. The van der Waals surface area contributed by atoms with Crippen LogP contribution in [0.1, 0.15) is 51.9 Å². The van der Waals surface area contributed by atoms with Gasteiger partial charge in [-0.15, -0.1) is 0 Å².